The number of aliphatic hydroxyl groups is 1. The molecule has 0 aliphatic heterocycles. The number of aliphatic hydroxyl groups excluding tert-OH is 1. The first kappa shape index (κ1) is 6.76. The van der Waals surface area contributed by atoms with E-state index in [1.165, 1.54) is 12.3 Å². The molecule has 1 aromatic rings. The quantitative estimate of drug-likeness (QED) is 0.521. The standard InChI is InChI=1S/C5H6N2O3/c8-4(5(9)10)3-1-2-6-7-3/h1-2,4,8H,(H,6,7)(H,9,10). The van der Waals surface area contributed by atoms with E-state index in [-0.39, 0.29) is 5.69 Å². The summed E-state index contributed by atoms with van der Waals surface area (Å²) in [4.78, 5) is 10.1. The number of aliphatic carboxylic acids is 1. The summed E-state index contributed by atoms with van der Waals surface area (Å²) >= 11 is 0. The number of aromatic amines is 1. The number of carboxylic acids is 1. The minimum Gasteiger partial charge on any atom is -0.479 e. The maximum Gasteiger partial charge on any atom is 0.338 e. The van der Waals surface area contributed by atoms with Crippen molar-refractivity contribution in [3.8, 4) is 0 Å². The zero-order chi connectivity index (χ0) is 7.56. The van der Waals surface area contributed by atoms with E-state index in [1.54, 1.807) is 0 Å². The van der Waals surface area contributed by atoms with Crippen LogP contribution in [0.5, 0.6) is 0 Å². The Kier molecular flexibility index (Phi) is 1.68. The summed E-state index contributed by atoms with van der Waals surface area (Å²) in [6.07, 6.45) is -0.121. The highest BCUT2D eigenvalue weighted by molar-refractivity contribution is 5.73. The van der Waals surface area contributed by atoms with Crippen LogP contribution in [0.2, 0.25) is 0 Å². The maximum atomic E-state index is 10.1. The first-order chi connectivity index (χ1) is 4.72. The van der Waals surface area contributed by atoms with Crippen molar-refractivity contribution in [2.24, 2.45) is 0 Å². The highest BCUT2D eigenvalue weighted by Gasteiger charge is 2.16. The zero-order valence-corrected chi connectivity index (χ0v) is 4.98. The SMILES string of the molecule is O=C(O)C(O)c1ccn[nH]1. The molecule has 3 N–H and O–H groups in total. The van der Waals surface area contributed by atoms with Crippen LogP contribution in [0.1, 0.15) is 11.8 Å². The molecule has 1 aromatic heterocycles. The predicted molar refractivity (Wildman–Crippen MR) is 31.2 cm³/mol. The van der Waals surface area contributed by atoms with E-state index in [1.807, 2.05) is 0 Å². The molecule has 5 nitrogen and oxygen atoms in total. The fraction of sp³-hybridized carbons (Fsp3) is 0.200. The average molecular weight is 142 g/mol. The van der Waals surface area contributed by atoms with E-state index in [0.29, 0.717) is 0 Å². The number of carboxylic acid groups (broad SMARTS) is 1. The Morgan fingerprint density at radius 1 is 1.80 bits per heavy atom. The lowest BCUT2D eigenvalue weighted by Crippen LogP contribution is -2.10. The molecular weight excluding hydrogens is 136 g/mol. The van der Waals surface area contributed by atoms with Crippen LogP contribution in [-0.2, 0) is 4.79 Å². The van der Waals surface area contributed by atoms with Crippen LogP contribution in [0.15, 0.2) is 12.3 Å². The second-order valence-corrected chi connectivity index (χ2v) is 1.75. The number of carbonyl (C=O) groups is 1. The van der Waals surface area contributed by atoms with Crippen molar-refractivity contribution >= 4 is 5.97 Å². The van der Waals surface area contributed by atoms with E-state index in [0.717, 1.165) is 0 Å². The fourth-order valence-electron chi connectivity index (χ4n) is 0.552. The molecule has 0 spiro atoms. The van der Waals surface area contributed by atoms with Gasteiger partial charge in [-0.2, -0.15) is 5.10 Å². The Morgan fingerprint density at radius 3 is 2.90 bits per heavy atom. The molecule has 0 aromatic carbocycles. The number of hydrogen-bond acceptors (Lipinski definition) is 3. The second kappa shape index (κ2) is 2.49. The summed E-state index contributed by atoms with van der Waals surface area (Å²) in [5, 5.41) is 22.9. The molecule has 1 atom stereocenters. The average Bonchev–Trinajstić information content (AvgIpc) is 2.36. The lowest BCUT2D eigenvalue weighted by atomic mass is 10.3. The molecule has 0 aliphatic rings. The van der Waals surface area contributed by atoms with Crippen LogP contribution < -0.4 is 0 Å². The molecule has 0 saturated carbocycles. The minimum absolute atomic E-state index is 0.188. The highest BCUT2D eigenvalue weighted by atomic mass is 16.4. The third-order valence-corrected chi connectivity index (χ3v) is 1.05. The lowest BCUT2D eigenvalue weighted by molar-refractivity contribution is -0.147. The number of hydrogen-bond donors (Lipinski definition) is 3. The molecule has 0 amide bonds. The van der Waals surface area contributed by atoms with Gasteiger partial charge in [0.15, 0.2) is 6.10 Å². The Morgan fingerprint density at radius 2 is 2.50 bits per heavy atom. The van der Waals surface area contributed by atoms with Crippen molar-refractivity contribution < 1.29 is 15.0 Å². The summed E-state index contributed by atoms with van der Waals surface area (Å²) in [5.74, 6) is -1.29. The Bertz CT molecular complexity index is 219. The van der Waals surface area contributed by atoms with Crippen molar-refractivity contribution in [2.75, 3.05) is 0 Å². The molecule has 0 bridgehead atoms. The van der Waals surface area contributed by atoms with Gasteiger partial charge in [0.1, 0.15) is 0 Å². The van der Waals surface area contributed by atoms with Crippen LogP contribution in [0.25, 0.3) is 0 Å². The summed E-state index contributed by atoms with van der Waals surface area (Å²) in [6, 6.07) is 1.40. The molecule has 1 heterocycles. The lowest BCUT2D eigenvalue weighted by Gasteiger charge is -1.98. The van der Waals surface area contributed by atoms with Gasteiger partial charge in [-0.1, -0.05) is 0 Å². The van der Waals surface area contributed by atoms with Crippen molar-refractivity contribution in [3.63, 3.8) is 0 Å². The van der Waals surface area contributed by atoms with Gasteiger partial charge in [0.25, 0.3) is 0 Å². The molecule has 0 radical (unpaired) electrons. The van der Waals surface area contributed by atoms with Crippen LogP contribution in [0.4, 0.5) is 0 Å². The molecule has 54 valence electrons. The van der Waals surface area contributed by atoms with Crippen molar-refractivity contribution in [1.29, 1.82) is 0 Å². The normalized spacial score (nSPS) is 12.9. The van der Waals surface area contributed by atoms with Crippen molar-refractivity contribution in [1.82, 2.24) is 10.2 Å². The van der Waals surface area contributed by atoms with E-state index >= 15 is 0 Å². The van der Waals surface area contributed by atoms with E-state index in [4.69, 9.17) is 10.2 Å². The molecule has 0 saturated heterocycles. The summed E-state index contributed by atoms with van der Waals surface area (Å²) in [7, 11) is 0. The van der Waals surface area contributed by atoms with Gasteiger partial charge in [-0.05, 0) is 6.07 Å². The number of aromatic nitrogens is 2. The van der Waals surface area contributed by atoms with E-state index < -0.39 is 12.1 Å². The Labute approximate surface area is 56.3 Å². The summed E-state index contributed by atoms with van der Waals surface area (Å²) < 4.78 is 0. The summed E-state index contributed by atoms with van der Waals surface area (Å²) in [5.41, 5.74) is 0.188. The Hall–Kier alpha value is -1.36. The fourth-order valence-corrected chi connectivity index (χ4v) is 0.552. The molecule has 1 rings (SSSR count). The van der Waals surface area contributed by atoms with Gasteiger partial charge >= 0.3 is 5.97 Å². The highest BCUT2D eigenvalue weighted by Crippen LogP contribution is 2.06. The third kappa shape index (κ3) is 1.14. The first-order valence-corrected chi connectivity index (χ1v) is 2.62. The van der Waals surface area contributed by atoms with Crippen molar-refractivity contribution in [2.45, 2.75) is 6.10 Å². The topological polar surface area (TPSA) is 86.2 Å². The number of H-pyrrole nitrogens is 1. The van der Waals surface area contributed by atoms with Gasteiger partial charge in [0, 0.05) is 6.20 Å². The van der Waals surface area contributed by atoms with E-state index in [2.05, 4.69) is 10.2 Å². The molecule has 0 aliphatic carbocycles. The number of nitrogens with one attached hydrogen (secondary N) is 1. The molecule has 0 fully saturated rings. The van der Waals surface area contributed by atoms with Gasteiger partial charge in [-0.25, -0.2) is 4.79 Å². The molecular formula is C5H6N2O3. The smallest absolute Gasteiger partial charge is 0.338 e. The van der Waals surface area contributed by atoms with Gasteiger partial charge in [0.05, 0.1) is 5.69 Å². The number of nitrogens with zero attached hydrogens (tertiary/aromatic N) is 1. The molecule has 1 unspecified atom stereocenters. The molecule has 5 heteroatoms. The molecule has 10 heavy (non-hydrogen) atoms. The third-order valence-electron chi connectivity index (χ3n) is 1.05. The Balaban J connectivity index is 2.77. The van der Waals surface area contributed by atoms with Gasteiger partial charge in [-0.3, -0.25) is 5.10 Å². The van der Waals surface area contributed by atoms with Crippen LogP contribution in [-0.4, -0.2) is 26.4 Å². The maximum absolute atomic E-state index is 10.1. The van der Waals surface area contributed by atoms with Crippen LogP contribution in [0, 0.1) is 0 Å². The van der Waals surface area contributed by atoms with Gasteiger partial charge in [0.2, 0.25) is 0 Å². The first-order valence-electron chi connectivity index (χ1n) is 2.62. The number of rotatable bonds is 2. The van der Waals surface area contributed by atoms with Crippen molar-refractivity contribution in [3.05, 3.63) is 18.0 Å². The second-order valence-electron chi connectivity index (χ2n) is 1.75. The van der Waals surface area contributed by atoms with Gasteiger partial charge in [-0.15, -0.1) is 0 Å². The monoisotopic (exact) mass is 142 g/mol. The van der Waals surface area contributed by atoms with Crippen LogP contribution >= 0.6 is 0 Å². The summed E-state index contributed by atoms with van der Waals surface area (Å²) in [6.45, 7) is 0. The van der Waals surface area contributed by atoms with Gasteiger partial charge < -0.3 is 10.2 Å². The largest absolute Gasteiger partial charge is 0.479 e. The predicted octanol–water partition coefficient (Wildman–Crippen LogP) is -0.472. The van der Waals surface area contributed by atoms with E-state index in [9.17, 15) is 4.79 Å². The van der Waals surface area contributed by atoms with Crippen LogP contribution in [0.3, 0.4) is 0 Å². The minimum atomic E-state index is -1.50. The zero-order valence-electron chi connectivity index (χ0n) is 4.98.